The van der Waals surface area contributed by atoms with E-state index in [4.69, 9.17) is 28.6 Å². The lowest BCUT2D eigenvalue weighted by Crippen LogP contribution is -2.44. The van der Waals surface area contributed by atoms with Gasteiger partial charge in [0.05, 0.1) is 22.1 Å². The van der Waals surface area contributed by atoms with Gasteiger partial charge in [0.25, 0.3) is 11.8 Å². The highest BCUT2D eigenvalue weighted by Gasteiger charge is 2.34. The van der Waals surface area contributed by atoms with Gasteiger partial charge in [0.1, 0.15) is 5.75 Å². The maximum atomic E-state index is 12.7. The standard InChI is InChI=1S/C20H17ClN2O3S2/c1-2-11-26-14-9-7-13(8-10-14)12-17-19(25)23(20(27)28-17)22-18(24)15-5-3-4-6-16(15)21/h3-10,12H,2,11H2,1H3,(H,22,24)/b17-12-. The average Bonchev–Trinajstić information content (AvgIpc) is 2.95. The Morgan fingerprint density at radius 2 is 1.96 bits per heavy atom. The Morgan fingerprint density at radius 3 is 2.64 bits per heavy atom. The third-order valence-corrected chi connectivity index (χ3v) is 5.41. The molecule has 0 aliphatic carbocycles. The van der Waals surface area contributed by atoms with Crippen molar-refractivity contribution in [3.05, 3.63) is 69.6 Å². The van der Waals surface area contributed by atoms with Crippen molar-refractivity contribution in [2.24, 2.45) is 0 Å². The molecule has 8 heteroatoms. The Bertz CT molecular complexity index is 945. The largest absolute Gasteiger partial charge is 0.494 e. The van der Waals surface area contributed by atoms with Gasteiger partial charge in [-0.3, -0.25) is 15.0 Å². The van der Waals surface area contributed by atoms with Crippen molar-refractivity contribution in [2.75, 3.05) is 6.61 Å². The zero-order valence-electron chi connectivity index (χ0n) is 15.0. The van der Waals surface area contributed by atoms with Gasteiger partial charge in [0, 0.05) is 0 Å². The molecule has 1 fully saturated rings. The number of hydrogen-bond acceptors (Lipinski definition) is 5. The van der Waals surface area contributed by atoms with E-state index in [0.29, 0.717) is 16.5 Å². The Labute approximate surface area is 177 Å². The highest BCUT2D eigenvalue weighted by Crippen LogP contribution is 2.32. The summed E-state index contributed by atoms with van der Waals surface area (Å²) in [4.78, 5) is 25.5. The van der Waals surface area contributed by atoms with E-state index in [9.17, 15) is 9.59 Å². The first-order valence-corrected chi connectivity index (χ1v) is 10.2. The molecule has 5 nitrogen and oxygen atoms in total. The lowest BCUT2D eigenvalue weighted by atomic mass is 10.2. The number of carbonyl (C=O) groups is 2. The van der Waals surface area contributed by atoms with Crippen LogP contribution in [0.4, 0.5) is 0 Å². The summed E-state index contributed by atoms with van der Waals surface area (Å²) in [5.74, 6) is -0.110. The number of hydrogen-bond donors (Lipinski definition) is 1. The molecule has 1 aliphatic heterocycles. The monoisotopic (exact) mass is 432 g/mol. The van der Waals surface area contributed by atoms with Gasteiger partial charge < -0.3 is 4.74 Å². The summed E-state index contributed by atoms with van der Waals surface area (Å²) in [5, 5.41) is 1.36. The fourth-order valence-corrected chi connectivity index (χ4v) is 3.80. The summed E-state index contributed by atoms with van der Waals surface area (Å²) >= 11 is 12.4. The van der Waals surface area contributed by atoms with E-state index in [0.717, 1.165) is 34.5 Å². The number of thiocarbonyl (C=S) groups is 1. The second-order valence-corrected chi connectivity index (χ2v) is 7.94. The summed E-state index contributed by atoms with van der Waals surface area (Å²) < 4.78 is 5.80. The van der Waals surface area contributed by atoms with Crippen LogP contribution in [-0.4, -0.2) is 27.8 Å². The molecule has 0 atom stereocenters. The predicted molar refractivity (Wildman–Crippen MR) is 116 cm³/mol. The van der Waals surface area contributed by atoms with Crippen molar-refractivity contribution < 1.29 is 14.3 Å². The van der Waals surface area contributed by atoms with E-state index in [-0.39, 0.29) is 15.8 Å². The Balaban J connectivity index is 1.71. The second kappa shape index (κ2) is 9.23. The molecule has 28 heavy (non-hydrogen) atoms. The zero-order valence-corrected chi connectivity index (χ0v) is 17.4. The normalized spacial score (nSPS) is 15.2. The molecule has 2 aromatic carbocycles. The first kappa shape index (κ1) is 20.4. The maximum absolute atomic E-state index is 12.7. The summed E-state index contributed by atoms with van der Waals surface area (Å²) in [6.45, 7) is 2.70. The lowest BCUT2D eigenvalue weighted by Gasteiger charge is -2.16. The van der Waals surface area contributed by atoms with Crippen LogP contribution in [0.2, 0.25) is 5.02 Å². The quantitative estimate of drug-likeness (QED) is 0.530. The van der Waals surface area contributed by atoms with E-state index in [1.165, 1.54) is 0 Å². The number of halogens is 1. The van der Waals surface area contributed by atoms with Crippen LogP contribution >= 0.6 is 35.6 Å². The topological polar surface area (TPSA) is 58.6 Å². The molecule has 0 radical (unpaired) electrons. The Hall–Kier alpha value is -2.35. The smallest absolute Gasteiger partial charge is 0.285 e. The zero-order chi connectivity index (χ0) is 20.1. The summed E-state index contributed by atoms with van der Waals surface area (Å²) in [5.41, 5.74) is 3.62. The van der Waals surface area contributed by atoms with Crippen LogP contribution in [0, 0.1) is 0 Å². The van der Waals surface area contributed by atoms with Crippen LogP contribution in [0.25, 0.3) is 6.08 Å². The number of hydrazine groups is 1. The van der Waals surface area contributed by atoms with Gasteiger partial charge in [-0.25, -0.2) is 0 Å². The number of nitrogens with zero attached hydrogens (tertiary/aromatic N) is 1. The molecule has 0 unspecified atom stereocenters. The van der Waals surface area contributed by atoms with Gasteiger partial charge in [-0.2, -0.15) is 5.01 Å². The summed E-state index contributed by atoms with van der Waals surface area (Å²) in [6, 6.07) is 14.0. The summed E-state index contributed by atoms with van der Waals surface area (Å²) in [7, 11) is 0. The third-order valence-electron chi connectivity index (χ3n) is 3.78. The fraction of sp³-hybridized carbons (Fsp3) is 0.150. The molecule has 1 aliphatic rings. The molecule has 0 spiro atoms. The SMILES string of the molecule is CCCOc1ccc(/C=C2\SC(=S)N(NC(=O)c3ccccc3Cl)C2=O)cc1. The molecule has 1 N–H and O–H groups in total. The molecular weight excluding hydrogens is 416 g/mol. The van der Waals surface area contributed by atoms with Crippen LogP contribution in [0.3, 0.4) is 0 Å². The van der Waals surface area contributed by atoms with Crippen LogP contribution < -0.4 is 10.2 Å². The van der Waals surface area contributed by atoms with Crippen LogP contribution in [0.15, 0.2) is 53.4 Å². The molecular formula is C20H17ClN2O3S2. The van der Waals surface area contributed by atoms with Crippen LogP contribution in [0.5, 0.6) is 5.75 Å². The highest BCUT2D eigenvalue weighted by molar-refractivity contribution is 8.26. The van der Waals surface area contributed by atoms with Crippen LogP contribution in [0.1, 0.15) is 29.3 Å². The van der Waals surface area contributed by atoms with Gasteiger partial charge in [-0.15, -0.1) is 0 Å². The molecule has 0 bridgehead atoms. The van der Waals surface area contributed by atoms with E-state index in [1.807, 2.05) is 31.2 Å². The number of ether oxygens (including phenoxy) is 1. The number of benzene rings is 2. The Kier molecular flexibility index (Phi) is 6.72. The second-order valence-electron chi connectivity index (χ2n) is 5.86. The van der Waals surface area contributed by atoms with Gasteiger partial charge >= 0.3 is 0 Å². The van der Waals surface area contributed by atoms with Crippen molar-refractivity contribution >= 4 is 57.8 Å². The number of amides is 2. The molecule has 2 amide bonds. The number of rotatable bonds is 6. The number of nitrogens with one attached hydrogen (secondary N) is 1. The van der Waals surface area contributed by atoms with Gasteiger partial charge in [0.15, 0.2) is 4.32 Å². The minimum atomic E-state index is -0.499. The molecule has 2 aromatic rings. The molecule has 3 rings (SSSR count). The molecule has 0 saturated carbocycles. The molecule has 1 heterocycles. The summed E-state index contributed by atoms with van der Waals surface area (Å²) in [6.07, 6.45) is 2.66. The lowest BCUT2D eigenvalue weighted by molar-refractivity contribution is -0.123. The first-order chi connectivity index (χ1) is 13.5. The maximum Gasteiger partial charge on any atom is 0.285 e. The molecule has 0 aromatic heterocycles. The van der Waals surface area contributed by atoms with Crippen molar-refractivity contribution in [1.82, 2.24) is 10.4 Å². The third kappa shape index (κ3) is 4.73. The van der Waals surface area contributed by atoms with Gasteiger partial charge in [-0.1, -0.05) is 54.6 Å². The minimum absolute atomic E-state index is 0.250. The number of thioether (sulfide) groups is 1. The highest BCUT2D eigenvalue weighted by atomic mass is 35.5. The van der Waals surface area contributed by atoms with Gasteiger partial charge in [-0.05, 0) is 54.5 Å². The molecule has 144 valence electrons. The van der Waals surface area contributed by atoms with Gasteiger partial charge in [0.2, 0.25) is 0 Å². The first-order valence-electron chi connectivity index (χ1n) is 8.56. The predicted octanol–water partition coefficient (Wildman–Crippen LogP) is 4.68. The van der Waals surface area contributed by atoms with Crippen molar-refractivity contribution in [3.63, 3.8) is 0 Å². The van der Waals surface area contributed by atoms with E-state index >= 15 is 0 Å². The Morgan fingerprint density at radius 1 is 1.25 bits per heavy atom. The van der Waals surface area contributed by atoms with Crippen molar-refractivity contribution in [1.29, 1.82) is 0 Å². The van der Waals surface area contributed by atoms with E-state index in [1.54, 1.807) is 30.3 Å². The van der Waals surface area contributed by atoms with E-state index < -0.39 is 5.91 Å². The van der Waals surface area contributed by atoms with Crippen LogP contribution in [-0.2, 0) is 4.79 Å². The van der Waals surface area contributed by atoms with E-state index in [2.05, 4.69) is 5.43 Å². The minimum Gasteiger partial charge on any atom is -0.494 e. The average molecular weight is 433 g/mol. The molecule has 1 saturated heterocycles. The van der Waals surface area contributed by atoms with Crippen molar-refractivity contribution in [2.45, 2.75) is 13.3 Å². The van der Waals surface area contributed by atoms with Crippen molar-refractivity contribution in [3.8, 4) is 5.75 Å². The number of carbonyl (C=O) groups excluding carboxylic acids is 2. The fourth-order valence-electron chi connectivity index (χ4n) is 2.40.